The third-order valence-electron chi connectivity index (χ3n) is 6.34. The van der Waals surface area contributed by atoms with Crippen LogP contribution < -0.4 is 16.0 Å². The molecular formula is C23H36ClN3O2. The third-order valence-corrected chi connectivity index (χ3v) is 6.67. The lowest BCUT2D eigenvalue weighted by molar-refractivity contribution is 0.0682. The van der Waals surface area contributed by atoms with Crippen LogP contribution in [0, 0.1) is 18.8 Å². The van der Waals surface area contributed by atoms with Crippen molar-refractivity contribution in [3.05, 3.63) is 36.2 Å². The Bertz CT molecular complexity index is 643. The molecule has 0 unspecified atom stereocenters. The van der Waals surface area contributed by atoms with Crippen LogP contribution in [0.1, 0.15) is 61.7 Å². The SMILES string of the molecule is O=C(NCC12CCCC(CCC1)C2)c1cc(NCCNCCCO)ccc1Cl.[CH2]. The number of carbonyl (C=O) groups is 1. The monoisotopic (exact) mass is 421 g/mol. The van der Waals surface area contributed by atoms with E-state index in [2.05, 4.69) is 16.0 Å². The number of rotatable bonds is 10. The van der Waals surface area contributed by atoms with Crippen LogP contribution in [-0.2, 0) is 0 Å². The summed E-state index contributed by atoms with van der Waals surface area (Å²) < 4.78 is 0. The molecular weight excluding hydrogens is 386 g/mol. The summed E-state index contributed by atoms with van der Waals surface area (Å²) in [6.45, 7) is 3.32. The molecule has 2 radical (unpaired) electrons. The van der Waals surface area contributed by atoms with Gasteiger partial charge in [-0.2, -0.15) is 0 Å². The second-order valence-electron chi connectivity index (χ2n) is 8.49. The number of amides is 1. The van der Waals surface area contributed by atoms with E-state index in [4.69, 9.17) is 16.7 Å². The minimum absolute atomic E-state index is 0. The van der Waals surface area contributed by atoms with Crippen molar-refractivity contribution in [1.29, 1.82) is 0 Å². The molecule has 0 aliphatic heterocycles. The predicted molar refractivity (Wildman–Crippen MR) is 120 cm³/mol. The van der Waals surface area contributed by atoms with Gasteiger partial charge in [0.2, 0.25) is 0 Å². The summed E-state index contributed by atoms with van der Waals surface area (Å²) in [5.41, 5.74) is 1.74. The molecule has 3 rings (SSSR count). The van der Waals surface area contributed by atoms with Gasteiger partial charge < -0.3 is 21.1 Å². The smallest absolute Gasteiger partial charge is 0.252 e. The molecule has 4 N–H and O–H groups in total. The van der Waals surface area contributed by atoms with E-state index in [-0.39, 0.29) is 19.9 Å². The highest BCUT2D eigenvalue weighted by Gasteiger charge is 2.39. The summed E-state index contributed by atoms with van der Waals surface area (Å²) in [4.78, 5) is 12.8. The highest BCUT2D eigenvalue weighted by Crippen LogP contribution is 2.48. The molecule has 1 aromatic rings. The number of benzene rings is 1. The molecule has 0 saturated heterocycles. The Balaban J connectivity index is 0.00000300. The van der Waals surface area contributed by atoms with Crippen molar-refractivity contribution in [3.8, 4) is 0 Å². The fourth-order valence-corrected chi connectivity index (χ4v) is 5.07. The molecule has 0 heterocycles. The zero-order valence-electron chi connectivity index (χ0n) is 17.4. The fourth-order valence-electron chi connectivity index (χ4n) is 4.87. The van der Waals surface area contributed by atoms with Crippen LogP contribution in [-0.4, -0.2) is 43.8 Å². The van der Waals surface area contributed by atoms with Crippen LogP contribution >= 0.6 is 11.6 Å². The van der Waals surface area contributed by atoms with Crippen molar-refractivity contribution in [2.45, 2.75) is 51.4 Å². The van der Waals surface area contributed by atoms with Gasteiger partial charge in [0.1, 0.15) is 0 Å². The summed E-state index contributed by atoms with van der Waals surface area (Å²) in [5, 5.41) is 19.0. The highest BCUT2D eigenvalue weighted by atomic mass is 35.5. The molecule has 29 heavy (non-hydrogen) atoms. The van der Waals surface area contributed by atoms with Crippen molar-refractivity contribution < 1.29 is 9.90 Å². The molecule has 162 valence electrons. The highest BCUT2D eigenvalue weighted by molar-refractivity contribution is 6.34. The van der Waals surface area contributed by atoms with Gasteiger partial charge in [0.15, 0.2) is 0 Å². The maximum absolute atomic E-state index is 12.8. The Morgan fingerprint density at radius 1 is 1.17 bits per heavy atom. The number of halogens is 1. The fraction of sp³-hybridized carbons (Fsp3) is 0.652. The van der Waals surface area contributed by atoms with Gasteiger partial charge in [0.25, 0.3) is 5.91 Å². The number of hydrogen-bond acceptors (Lipinski definition) is 4. The first-order valence-electron chi connectivity index (χ1n) is 10.8. The van der Waals surface area contributed by atoms with Crippen molar-refractivity contribution in [2.75, 3.05) is 38.1 Å². The van der Waals surface area contributed by atoms with E-state index in [1.54, 1.807) is 6.07 Å². The topological polar surface area (TPSA) is 73.4 Å². The Hall–Kier alpha value is -1.30. The van der Waals surface area contributed by atoms with Crippen LogP contribution in [0.3, 0.4) is 0 Å². The van der Waals surface area contributed by atoms with Gasteiger partial charge in [-0.25, -0.2) is 0 Å². The summed E-state index contributed by atoms with van der Waals surface area (Å²) in [5.74, 6) is 0.790. The molecule has 0 spiro atoms. The normalized spacial score (nSPS) is 23.2. The van der Waals surface area contributed by atoms with E-state index in [1.165, 1.54) is 44.9 Å². The van der Waals surface area contributed by atoms with E-state index in [0.717, 1.165) is 44.2 Å². The predicted octanol–water partition coefficient (Wildman–Crippen LogP) is 4.14. The zero-order chi connectivity index (χ0) is 19.8. The lowest BCUT2D eigenvalue weighted by Crippen LogP contribution is -2.43. The van der Waals surface area contributed by atoms with E-state index in [0.29, 0.717) is 16.0 Å². The average molecular weight is 422 g/mol. The first-order chi connectivity index (χ1) is 13.6. The van der Waals surface area contributed by atoms with Gasteiger partial charge in [0.05, 0.1) is 10.6 Å². The van der Waals surface area contributed by atoms with E-state index in [1.807, 2.05) is 12.1 Å². The summed E-state index contributed by atoms with van der Waals surface area (Å²) in [6.07, 6.45) is 9.83. The standard InChI is InChI=1S/C22H34ClN3O2.CH2/c23-20-7-6-18(25-12-11-24-10-3-13-27)14-19(20)21(28)26-16-22-8-1-4-17(15-22)5-2-9-22;/h6-7,14,17,24-25,27H,1-5,8-13,15-16H2,(H,26,28);1H2. The van der Waals surface area contributed by atoms with Gasteiger partial charge >= 0.3 is 0 Å². The lowest BCUT2D eigenvalue weighted by Gasteiger charge is -2.45. The minimum atomic E-state index is -0.0724. The van der Waals surface area contributed by atoms with Gasteiger partial charge in [0, 0.05) is 31.9 Å². The van der Waals surface area contributed by atoms with Gasteiger partial charge in [-0.1, -0.05) is 44.7 Å². The minimum Gasteiger partial charge on any atom is -0.396 e. The molecule has 1 amide bonds. The molecule has 2 aliphatic rings. The Morgan fingerprint density at radius 2 is 1.93 bits per heavy atom. The largest absolute Gasteiger partial charge is 0.396 e. The number of fused-ring (bicyclic) bond motifs is 2. The van der Waals surface area contributed by atoms with Crippen LogP contribution in [0.2, 0.25) is 5.02 Å². The maximum Gasteiger partial charge on any atom is 0.252 e. The van der Waals surface area contributed by atoms with Crippen molar-refractivity contribution >= 4 is 23.2 Å². The molecule has 2 bridgehead atoms. The first-order valence-corrected chi connectivity index (χ1v) is 11.1. The van der Waals surface area contributed by atoms with Gasteiger partial charge in [-0.05, 0) is 61.8 Å². The van der Waals surface area contributed by atoms with E-state index in [9.17, 15) is 4.79 Å². The second kappa shape index (κ2) is 11.8. The molecule has 2 aliphatic carbocycles. The molecule has 0 aromatic heterocycles. The number of hydrogen-bond donors (Lipinski definition) is 4. The Morgan fingerprint density at radius 3 is 2.66 bits per heavy atom. The number of aliphatic hydroxyl groups excluding tert-OH is 1. The number of nitrogens with one attached hydrogen (secondary N) is 3. The summed E-state index contributed by atoms with van der Waals surface area (Å²) in [7, 11) is 0. The number of anilines is 1. The Labute approximate surface area is 181 Å². The molecule has 2 saturated carbocycles. The zero-order valence-corrected chi connectivity index (χ0v) is 18.2. The first kappa shape index (κ1) is 24.0. The van der Waals surface area contributed by atoms with Gasteiger partial charge in [-0.15, -0.1) is 0 Å². The summed E-state index contributed by atoms with van der Waals surface area (Å²) in [6, 6.07) is 5.53. The quantitative estimate of drug-likeness (QED) is 0.428. The average Bonchev–Trinajstić information content (AvgIpc) is 2.70. The lowest BCUT2D eigenvalue weighted by atomic mass is 9.62. The number of carbonyl (C=O) groups excluding carboxylic acids is 1. The van der Waals surface area contributed by atoms with Crippen molar-refractivity contribution in [2.24, 2.45) is 11.3 Å². The third kappa shape index (κ3) is 6.87. The van der Waals surface area contributed by atoms with Crippen molar-refractivity contribution in [1.82, 2.24) is 10.6 Å². The molecule has 6 heteroatoms. The molecule has 2 fully saturated rings. The van der Waals surface area contributed by atoms with E-state index < -0.39 is 0 Å². The van der Waals surface area contributed by atoms with E-state index >= 15 is 0 Å². The molecule has 1 aromatic carbocycles. The maximum atomic E-state index is 12.8. The number of aliphatic hydroxyl groups is 1. The van der Waals surface area contributed by atoms with Crippen LogP contribution in [0.15, 0.2) is 18.2 Å². The van der Waals surface area contributed by atoms with Crippen LogP contribution in [0.25, 0.3) is 0 Å². The molecule has 0 atom stereocenters. The van der Waals surface area contributed by atoms with Crippen LogP contribution in [0.5, 0.6) is 0 Å². The molecule has 5 nitrogen and oxygen atoms in total. The van der Waals surface area contributed by atoms with Crippen molar-refractivity contribution in [3.63, 3.8) is 0 Å². The second-order valence-corrected chi connectivity index (χ2v) is 8.89. The Kier molecular flexibility index (Phi) is 9.73. The van der Waals surface area contributed by atoms with Gasteiger partial charge in [-0.3, -0.25) is 4.79 Å². The summed E-state index contributed by atoms with van der Waals surface area (Å²) >= 11 is 6.31. The van der Waals surface area contributed by atoms with Crippen LogP contribution in [0.4, 0.5) is 5.69 Å².